The second kappa shape index (κ2) is 23.6. The smallest absolute Gasteiger partial charge is 0.305 e. The molecule has 0 aromatic rings. The number of rotatable bonds is 24. The van der Waals surface area contributed by atoms with Gasteiger partial charge >= 0.3 is 5.97 Å². The predicted octanol–water partition coefficient (Wildman–Crippen LogP) is 4.18. The van der Waals surface area contributed by atoms with Gasteiger partial charge in [0.2, 0.25) is 0 Å². The zero-order chi connectivity index (χ0) is 28.7. The molecule has 9 heteroatoms. The molecule has 0 aromatic heterocycles. The lowest BCUT2D eigenvalue weighted by atomic mass is 9.99. The lowest BCUT2D eigenvalue weighted by Gasteiger charge is -2.39. The molecular weight excluding hydrogens is 504 g/mol. The van der Waals surface area contributed by atoms with Gasteiger partial charge in [-0.2, -0.15) is 0 Å². The second-order valence-corrected chi connectivity index (χ2v) is 10.5. The Morgan fingerprint density at radius 3 is 1.97 bits per heavy atom. The highest BCUT2D eigenvalue weighted by molar-refractivity contribution is 5.69. The Bertz CT molecular complexity index is 613. The van der Waals surface area contributed by atoms with E-state index < -0.39 is 49.4 Å². The van der Waals surface area contributed by atoms with Gasteiger partial charge in [0, 0.05) is 13.0 Å². The van der Waals surface area contributed by atoms with Crippen LogP contribution >= 0.6 is 0 Å². The van der Waals surface area contributed by atoms with E-state index in [4.69, 9.17) is 18.9 Å². The van der Waals surface area contributed by atoms with Gasteiger partial charge < -0.3 is 39.4 Å². The SMILES string of the molecule is CCCCCCCC/C=C\CCCCCCCCOCC(COC1OC(CO)C(O)C(O)C1O)OC(=O)CC. The zero-order valence-electron chi connectivity index (χ0n) is 24.4. The Morgan fingerprint density at radius 2 is 1.38 bits per heavy atom. The molecule has 1 aliphatic rings. The molecule has 4 N–H and O–H groups in total. The molecule has 1 fully saturated rings. The fourth-order valence-electron chi connectivity index (χ4n) is 4.46. The Labute approximate surface area is 235 Å². The van der Waals surface area contributed by atoms with Crippen LogP contribution in [-0.2, 0) is 23.7 Å². The predicted molar refractivity (Wildman–Crippen MR) is 150 cm³/mol. The summed E-state index contributed by atoms with van der Waals surface area (Å²) in [6, 6.07) is 0. The molecule has 0 aliphatic carbocycles. The van der Waals surface area contributed by atoms with Gasteiger partial charge in [0.1, 0.15) is 30.5 Å². The fraction of sp³-hybridized carbons (Fsp3) is 0.900. The molecule has 0 spiro atoms. The average molecular weight is 561 g/mol. The van der Waals surface area contributed by atoms with Gasteiger partial charge in [-0.25, -0.2) is 0 Å². The molecular formula is C30H56O9. The van der Waals surface area contributed by atoms with Crippen molar-refractivity contribution in [1.82, 2.24) is 0 Å². The van der Waals surface area contributed by atoms with Crippen molar-refractivity contribution in [3.63, 3.8) is 0 Å². The summed E-state index contributed by atoms with van der Waals surface area (Å²) in [5, 5.41) is 39.2. The molecule has 6 atom stereocenters. The topological polar surface area (TPSA) is 135 Å². The highest BCUT2D eigenvalue weighted by Crippen LogP contribution is 2.22. The van der Waals surface area contributed by atoms with Crippen LogP contribution in [0.3, 0.4) is 0 Å². The summed E-state index contributed by atoms with van der Waals surface area (Å²) in [7, 11) is 0. The minimum absolute atomic E-state index is 0.123. The third-order valence-electron chi connectivity index (χ3n) is 6.99. The van der Waals surface area contributed by atoms with Crippen LogP contribution in [0.25, 0.3) is 0 Å². The molecule has 9 nitrogen and oxygen atoms in total. The summed E-state index contributed by atoms with van der Waals surface area (Å²) in [4.78, 5) is 11.8. The molecule has 0 saturated carbocycles. The van der Waals surface area contributed by atoms with Crippen molar-refractivity contribution in [2.45, 2.75) is 147 Å². The summed E-state index contributed by atoms with van der Waals surface area (Å²) in [5.74, 6) is -0.404. The van der Waals surface area contributed by atoms with Crippen LogP contribution in [0.4, 0.5) is 0 Å². The average Bonchev–Trinajstić information content (AvgIpc) is 2.94. The van der Waals surface area contributed by atoms with Gasteiger partial charge in [-0.05, 0) is 32.1 Å². The Morgan fingerprint density at radius 1 is 0.795 bits per heavy atom. The summed E-state index contributed by atoms with van der Waals surface area (Å²) < 4.78 is 21.9. The van der Waals surface area contributed by atoms with E-state index in [0.29, 0.717) is 6.61 Å². The molecule has 6 unspecified atom stereocenters. The van der Waals surface area contributed by atoms with E-state index >= 15 is 0 Å². The zero-order valence-corrected chi connectivity index (χ0v) is 24.4. The van der Waals surface area contributed by atoms with Gasteiger partial charge in [-0.1, -0.05) is 83.8 Å². The van der Waals surface area contributed by atoms with E-state index in [9.17, 15) is 25.2 Å². The molecule has 0 amide bonds. The second-order valence-electron chi connectivity index (χ2n) is 10.5. The molecule has 230 valence electrons. The summed E-state index contributed by atoms with van der Waals surface area (Å²) in [5.41, 5.74) is 0. The number of aliphatic hydroxyl groups excluding tert-OH is 4. The highest BCUT2D eigenvalue weighted by atomic mass is 16.7. The molecule has 1 aliphatic heterocycles. The third kappa shape index (κ3) is 16.7. The molecule has 1 saturated heterocycles. The fourth-order valence-corrected chi connectivity index (χ4v) is 4.46. The summed E-state index contributed by atoms with van der Waals surface area (Å²) >= 11 is 0. The maximum absolute atomic E-state index is 11.8. The number of aliphatic hydroxyl groups is 4. The number of carbonyl (C=O) groups is 1. The van der Waals surface area contributed by atoms with Crippen molar-refractivity contribution in [1.29, 1.82) is 0 Å². The first kappa shape index (κ1) is 36.0. The van der Waals surface area contributed by atoms with Crippen LogP contribution in [0.2, 0.25) is 0 Å². The first-order chi connectivity index (χ1) is 18.9. The Balaban J connectivity index is 2.12. The third-order valence-corrected chi connectivity index (χ3v) is 6.99. The van der Waals surface area contributed by atoms with Crippen LogP contribution in [0.15, 0.2) is 12.2 Å². The highest BCUT2D eigenvalue weighted by Gasteiger charge is 2.44. The number of hydrogen-bond acceptors (Lipinski definition) is 9. The molecule has 39 heavy (non-hydrogen) atoms. The van der Waals surface area contributed by atoms with Crippen molar-refractivity contribution < 1.29 is 44.2 Å². The van der Waals surface area contributed by atoms with E-state index in [1.165, 1.54) is 77.0 Å². The van der Waals surface area contributed by atoms with E-state index in [1.54, 1.807) is 6.92 Å². The number of ether oxygens (including phenoxy) is 4. The monoisotopic (exact) mass is 560 g/mol. The van der Waals surface area contributed by atoms with Crippen molar-refractivity contribution in [2.24, 2.45) is 0 Å². The number of unbranched alkanes of at least 4 members (excludes halogenated alkanes) is 12. The van der Waals surface area contributed by atoms with Gasteiger partial charge in [-0.15, -0.1) is 0 Å². The Hall–Kier alpha value is -1.07. The van der Waals surface area contributed by atoms with Crippen molar-refractivity contribution in [3.05, 3.63) is 12.2 Å². The van der Waals surface area contributed by atoms with Gasteiger partial charge in [0.25, 0.3) is 0 Å². The first-order valence-corrected chi connectivity index (χ1v) is 15.3. The van der Waals surface area contributed by atoms with Gasteiger partial charge in [0.05, 0.1) is 19.8 Å². The standard InChI is InChI=1S/C30H56O9/c1-3-5-6-7-8-9-10-11-12-13-14-15-16-17-18-19-20-36-22-24(38-26(32)4-2)23-37-30-29(35)28(34)27(33)25(21-31)39-30/h11-12,24-25,27-31,33-35H,3-10,13-23H2,1-2H3/b12-11-. The normalized spacial score (nSPS) is 24.3. The summed E-state index contributed by atoms with van der Waals surface area (Å²) in [6.45, 7) is 3.95. The van der Waals surface area contributed by atoms with Crippen LogP contribution in [-0.4, -0.2) is 89.6 Å². The molecule has 1 rings (SSSR count). The summed E-state index contributed by atoms with van der Waals surface area (Å²) in [6.07, 6.45) is 14.7. The first-order valence-electron chi connectivity index (χ1n) is 15.3. The van der Waals surface area contributed by atoms with E-state index in [-0.39, 0.29) is 19.6 Å². The maximum Gasteiger partial charge on any atom is 0.305 e. The van der Waals surface area contributed by atoms with E-state index in [1.807, 2.05) is 0 Å². The van der Waals surface area contributed by atoms with Crippen LogP contribution in [0, 0.1) is 0 Å². The maximum atomic E-state index is 11.8. The molecule has 0 radical (unpaired) electrons. The van der Waals surface area contributed by atoms with E-state index in [0.717, 1.165) is 12.8 Å². The van der Waals surface area contributed by atoms with Crippen LogP contribution in [0.1, 0.15) is 110 Å². The lowest BCUT2D eigenvalue weighted by Crippen LogP contribution is -2.59. The minimum atomic E-state index is -1.53. The quantitative estimate of drug-likeness (QED) is 0.0779. The Kier molecular flexibility index (Phi) is 21.8. The number of esters is 1. The van der Waals surface area contributed by atoms with Gasteiger partial charge in [-0.3, -0.25) is 4.79 Å². The molecule has 1 heterocycles. The number of allylic oxidation sites excluding steroid dienone is 2. The van der Waals surface area contributed by atoms with Crippen molar-refractivity contribution in [3.8, 4) is 0 Å². The van der Waals surface area contributed by atoms with Crippen LogP contribution < -0.4 is 0 Å². The molecule has 0 bridgehead atoms. The van der Waals surface area contributed by atoms with Gasteiger partial charge in [0.15, 0.2) is 6.29 Å². The van der Waals surface area contributed by atoms with Crippen molar-refractivity contribution in [2.75, 3.05) is 26.4 Å². The lowest BCUT2D eigenvalue weighted by molar-refractivity contribution is -0.305. The number of carbonyl (C=O) groups excluding carboxylic acids is 1. The van der Waals surface area contributed by atoms with Crippen LogP contribution in [0.5, 0.6) is 0 Å². The minimum Gasteiger partial charge on any atom is -0.457 e. The van der Waals surface area contributed by atoms with Crippen molar-refractivity contribution >= 4 is 5.97 Å². The van der Waals surface area contributed by atoms with E-state index in [2.05, 4.69) is 19.1 Å². The molecule has 0 aromatic carbocycles. The largest absolute Gasteiger partial charge is 0.457 e. The number of hydrogen-bond donors (Lipinski definition) is 4.